The first kappa shape index (κ1) is 13.6. The lowest BCUT2D eigenvalue weighted by Crippen LogP contribution is -2.51. The third-order valence-electron chi connectivity index (χ3n) is 4.92. The fourth-order valence-corrected chi connectivity index (χ4v) is 3.27. The van der Waals surface area contributed by atoms with Crippen molar-refractivity contribution in [2.45, 2.75) is 43.6 Å². The molecule has 20 heavy (non-hydrogen) atoms. The van der Waals surface area contributed by atoms with Gasteiger partial charge in [0.15, 0.2) is 0 Å². The van der Waals surface area contributed by atoms with Crippen LogP contribution in [0.15, 0.2) is 30.3 Å². The molecule has 2 saturated carbocycles. The Morgan fingerprint density at radius 3 is 2.50 bits per heavy atom. The van der Waals surface area contributed by atoms with E-state index in [-0.39, 0.29) is 17.4 Å². The first-order valence-electron chi connectivity index (χ1n) is 7.63. The van der Waals surface area contributed by atoms with Crippen molar-refractivity contribution in [2.75, 3.05) is 13.6 Å². The van der Waals surface area contributed by atoms with Gasteiger partial charge in [0, 0.05) is 13.6 Å². The molecule has 108 valence electrons. The predicted molar refractivity (Wildman–Crippen MR) is 78.3 cm³/mol. The monoisotopic (exact) mass is 273 g/mol. The lowest BCUT2D eigenvalue weighted by molar-refractivity contribution is -0.141. The van der Waals surface area contributed by atoms with Crippen LogP contribution < -0.4 is 0 Å². The summed E-state index contributed by atoms with van der Waals surface area (Å²) in [6.07, 6.45) is 4.83. The molecule has 1 aromatic carbocycles. The molecule has 1 unspecified atom stereocenters. The maximum Gasteiger partial charge on any atom is 0.233 e. The summed E-state index contributed by atoms with van der Waals surface area (Å²) in [6.45, 7) is 0.470. The Kier molecular flexibility index (Phi) is 3.55. The number of hydrogen-bond acceptors (Lipinski definition) is 2. The molecule has 1 aromatic rings. The summed E-state index contributed by atoms with van der Waals surface area (Å²) >= 11 is 0. The molecule has 1 N–H and O–H groups in total. The fourth-order valence-electron chi connectivity index (χ4n) is 3.27. The number of rotatable bonds is 5. The second-order valence-electron chi connectivity index (χ2n) is 6.39. The van der Waals surface area contributed by atoms with Crippen molar-refractivity contribution in [3.05, 3.63) is 35.9 Å². The minimum Gasteiger partial charge on any atom is -0.391 e. The van der Waals surface area contributed by atoms with Crippen molar-refractivity contribution in [3.8, 4) is 0 Å². The van der Waals surface area contributed by atoms with Gasteiger partial charge in [-0.25, -0.2) is 0 Å². The average molecular weight is 273 g/mol. The number of carbonyl (C=O) groups excluding carboxylic acids is 1. The quantitative estimate of drug-likeness (QED) is 0.894. The molecule has 0 bridgehead atoms. The van der Waals surface area contributed by atoms with Crippen molar-refractivity contribution < 1.29 is 9.90 Å². The van der Waals surface area contributed by atoms with Crippen LogP contribution in [0, 0.1) is 5.92 Å². The molecular formula is C17H23NO2. The predicted octanol–water partition coefficient (Wildman–Crippen LogP) is 2.34. The molecule has 0 saturated heterocycles. The van der Waals surface area contributed by atoms with Crippen LogP contribution >= 0.6 is 0 Å². The summed E-state index contributed by atoms with van der Waals surface area (Å²) < 4.78 is 0. The molecule has 3 heteroatoms. The van der Waals surface area contributed by atoms with E-state index in [1.54, 1.807) is 4.90 Å². The van der Waals surface area contributed by atoms with Gasteiger partial charge in [0.25, 0.3) is 0 Å². The van der Waals surface area contributed by atoms with Crippen molar-refractivity contribution >= 4 is 5.91 Å². The third-order valence-corrected chi connectivity index (χ3v) is 4.92. The summed E-state index contributed by atoms with van der Waals surface area (Å²) in [5.41, 5.74) is 0.795. The van der Waals surface area contributed by atoms with Gasteiger partial charge in [0.1, 0.15) is 0 Å². The van der Waals surface area contributed by atoms with E-state index in [4.69, 9.17) is 0 Å². The van der Waals surface area contributed by atoms with Crippen LogP contribution in [-0.4, -0.2) is 35.6 Å². The summed E-state index contributed by atoms with van der Waals surface area (Å²) in [5.74, 6) is 0.592. The molecule has 3 rings (SSSR count). The fraction of sp³-hybridized carbons (Fsp3) is 0.588. The zero-order valence-corrected chi connectivity index (χ0v) is 12.1. The van der Waals surface area contributed by atoms with Gasteiger partial charge >= 0.3 is 0 Å². The minimum atomic E-state index is -0.350. The van der Waals surface area contributed by atoms with Gasteiger partial charge in [-0.2, -0.15) is 0 Å². The maximum atomic E-state index is 12.8. The van der Waals surface area contributed by atoms with E-state index >= 15 is 0 Å². The summed E-state index contributed by atoms with van der Waals surface area (Å²) in [6, 6.07) is 10.1. The zero-order chi connectivity index (χ0) is 14.2. The first-order chi connectivity index (χ1) is 9.63. The molecule has 0 heterocycles. The Morgan fingerprint density at radius 1 is 1.35 bits per heavy atom. The number of amides is 1. The Hall–Kier alpha value is -1.35. The molecule has 0 radical (unpaired) electrons. The van der Waals surface area contributed by atoms with Crippen molar-refractivity contribution in [3.63, 3.8) is 0 Å². The second-order valence-corrected chi connectivity index (χ2v) is 6.39. The second kappa shape index (κ2) is 5.21. The lowest BCUT2D eigenvalue weighted by Gasteiger charge is -2.43. The van der Waals surface area contributed by atoms with Gasteiger partial charge in [0.2, 0.25) is 5.91 Å². The summed E-state index contributed by atoms with van der Waals surface area (Å²) in [7, 11) is 1.83. The largest absolute Gasteiger partial charge is 0.391 e. The van der Waals surface area contributed by atoms with Crippen LogP contribution in [0.5, 0.6) is 0 Å². The van der Waals surface area contributed by atoms with Gasteiger partial charge < -0.3 is 10.0 Å². The van der Waals surface area contributed by atoms with E-state index in [2.05, 4.69) is 12.1 Å². The van der Waals surface area contributed by atoms with Crippen LogP contribution in [0.25, 0.3) is 0 Å². The maximum absolute atomic E-state index is 12.8. The van der Waals surface area contributed by atoms with Crippen molar-refractivity contribution in [2.24, 2.45) is 5.92 Å². The molecule has 1 amide bonds. The molecule has 0 spiro atoms. The van der Waals surface area contributed by atoms with Gasteiger partial charge in [-0.1, -0.05) is 36.8 Å². The normalized spacial score (nSPS) is 21.9. The van der Waals surface area contributed by atoms with E-state index in [0.29, 0.717) is 12.5 Å². The Balaban J connectivity index is 1.73. The third kappa shape index (κ3) is 2.35. The Morgan fingerprint density at radius 2 is 2.00 bits per heavy atom. The highest BCUT2D eigenvalue weighted by atomic mass is 16.3. The van der Waals surface area contributed by atoms with Gasteiger partial charge in [-0.3, -0.25) is 4.79 Å². The molecule has 3 nitrogen and oxygen atoms in total. The average Bonchev–Trinajstić information content (AvgIpc) is 3.22. The van der Waals surface area contributed by atoms with E-state index < -0.39 is 0 Å². The van der Waals surface area contributed by atoms with Gasteiger partial charge in [-0.15, -0.1) is 0 Å². The highest BCUT2D eigenvalue weighted by molar-refractivity contribution is 5.89. The number of carbonyl (C=O) groups is 1. The minimum absolute atomic E-state index is 0.176. The SMILES string of the molecule is CN(CC(O)C1CC1)C(=O)C1(c2ccccc2)CCC1. The molecule has 2 aliphatic rings. The smallest absolute Gasteiger partial charge is 0.233 e. The highest BCUT2D eigenvalue weighted by Gasteiger charge is 2.47. The number of benzene rings is 1. The molecule has 2 fully saturated rings. The van der Waals surface area contributed by atoms with Crippen LogP contribution in [0.1, 0.15) is 37.7 Å². The number of aliphatic hydroxyl groups excluding tert-OH is 1. The standard InChI is InChI=1S/C17H23NO2/c1-18(12-15(19)13-8-9-13)16(20)17(10-5-11-17)14-6-3-2-4-7-14/h2-4,6-7,13,15,19H,5,8-12H2,1H3. The Labute approximate surface area is 120 Å². The highest BCUT2D eigenvalue weighted by Crippen LogP contribution is 2.45. The summed E-state index contributed by atoms with van der Waals surface area (Å²) in [4.78, 5) is 14.6. The van der Waals surface area contributed by atoms with Gasteiger partial charge in [0.05, 0.1) is 11.5 Å². The number of hydrogen-bond donors (Lipinski definition) is 1. The van der Waals surface area contributed by atoms with E-state index in [1.165, 1.54) is 0 Å². The first-order valence-corrected chi connectivity index (χ1v) is 7.63. The Bertz CT molecular complexity index is 477. The van der Waals surface area contributed by atoms with Crippen LogP contribution in [0.2, 0.25) is 0 Å². The van der Waals surface area contributed by atoms with Crippen molar-refractivity contribution in [1.29, 1.82) is 0 Å². The zero-order valence-electron chi connectivity index (χ0n) is 12.1. The topological polar surface area (TPSA) is 40.5 Å². The van der Waals surface area contributed by atoms with Crippen LogP contribution in [0.3, 0.4) is 0 Å². The van der Waals surface area contributed by atoms with E-state index in [9.17, 15) is 9.90 Å². The van der Waals surface area contributed by atoms with Crippen molar-refractivity contribution in [1.82, 2.24) is 4.90 Å². The van der Waals surface area contributed by atoms with Crippen LogP contribution in [0.4, 0.5) is 0 Å². The lowest BCUT2D eigenvalue weighted by atomic mass is 9.63. The number of likely N-dealkylation sites (N-methyl/N-ethyl adjacent to an activating group) is 1. The molecular weight excluding hydrogens is 250 g/mol. The van der Waals surface area contributed by atoms with E-state index in [1.807, 2.05) is 25.2 Å². The van der Waals surface area contributed by atoms with E-state index in [0.717, 1.165) is 37.7 Å². The molecule has 0 aromatic heterocycles. The number of nitrogens with zero attached hydrogens (tertiary/aromatic N) is 1. The molecule has 1 atom stereocenters. The van der Waals surface area contributed by atoms with Gasteiger partial charge in [-0.05, 0) is 37.2 Å². The number of aliphatic hydroxyl groups is 1. The molecule has 2 aliphatic carbocycles. The molecule has 0 aliphatic heterocycles. The summed E-state index contributed by atoms with van der Waals surface area (Å²) in [5, 5.41) is 10.0. The van der Waals surface area contributed by atoms with Crippen LogP contribution in [-0.2, 0) is 10.2 Å².